The van der Waals surface area contributed by atoms with Gasteiger partial charge in [-0.1, -0.05) is 31.6 Å². The van der Waals surface area contributed by atoms with Crippen molar-refractivity contribution in [3.8, 4) is 0 Å². The van der Waals surface area contributed by atoms with Gasteiger partial charge in [-0.3, -0.25) is 4.90 Å². The first-order valence-corrected chi connectivity index (χ1v) is 7.92. The van der Waals surface area contributed by atoms with E-state index >= 15 is 0 Å². The number of anilines is 1. The van der Waals surface area contributed by atoms with E-state index in [-0.39, 0.29) is 0 Å². The van der Waals surface area contributed by atoms with Gasteiger partial charge in [0.05, 0.1) is 6.54 Å². The Bertz CT molecular complexity index is 353. The average Bonchev–Trinajstić information content (AvgIpc) is 2.98. The monoisotopic (exact) mass is 268 g/mol. The molecule has 0 radical (unpaired) electrons. The predicted molar refractivity (Wildman–Crippen MR) is 77.0 cm³/mol. The smallest absolute Gasteiger partial charge is 0.205 e. The van der Waals surface area contributed by atoms with Crippen molar-refractivity contribution in [2.75, 3.05) is 25.0 Å². The van der Waals surface area contributed by atoms with Gasteiger partial charge in [-0.05, 0) is 31.7 Å². The molecule has 2 heterocycles. The van der Waals surface area contributed by atoms with Gasteiger partial charge in [-0.15, -0.1) is 10.2 Å². The summed E-state index contributed by atoms with van der Waals surface area (Å²) < 4.78 is 0. The van der Waals surface area contributed by atoms with Crippen LogP contribution < -0.4 is 5.32 Å². The van der Waals surface area contributed by atoms with E-state index in [1.54, 1.807) is 11.3 Å². The first kappa shape index (κ1) is 13.7. The number of nitrogens with zero attached hydrogens (tertiary/aromatic N) is 3. The molecular weight excluding hydrogens is 244 g/mol. The van der Waals surface area contributed by atoms with Gasteiger partial charge in [0.2, 0.25) is 5.13 Å². The van der Waals surface area contributed by atoms with Gasteiger partial charge in [0, 0.05) is 13.1 Å². The van der Waals surface area contributed by atoms with E-state index in [2.05, 4.69) is 34.3 Å². The maximum Gasteiger partial charge on any atom is 0.205 e. The highest BCUT2D eigenvalue weighted by molar-refractivity contribution is 7.15. The van der Waals surface area contributed by atoms with E-state index in [1.807, 2.05) is 0 Å². The molecule has 1 unspecified atom stereocenters. The predicted octanol–water partition coefficient (Wildman–Crippen LogP) is 2.98. The van der Waals surface area contributed by atoms with Crippen molar-refractivity contribution >= 4 is 16.5 Å². The lowest BCUT2D eigenvalue weighted by Crippen LogP contribution is -2.20. The summed E-state index contributed by atoms with van der Waals surface area (Å²) in [5, 5.41) is 13.9. The average molecular weight is 268 g/mol. The molecule has 1 N–H and O–H groups in total. The number of aromatic nitrogens is 2. The van der Waals surface area contributed by atoms with E-state index in [9.17, 15) is 0 Å². The molecule has 18 heavy (non-hydrogen) atoms. The minimum atomic E-state index is 0.903. The standard InChI is InChI=1S/C13H24N4S/c1-3-5-11-6-8-17(9-11)10-12-15-16-13(18-12)14-7-4-2/h11H,3-10H2,1-2H3,(H,14,16). The van der Waals surface area contributed by atoms with Crippen molar-refractivity contribution in [2.24, 2.45) is 5.92 Å². The Labute approximate surface area is 114 Å². The Morgan fingerprint density at radius 2 is 2.22 bits per heavy atom. The molecular formula is C13H24N4S. The number of rotatable bonds is 7. The lowest BCUT2D eigenvalue weighted by atomic mass is 10.0. The zero-order valence-electron chi connectivity index (χ0n) is 11.5. The van der Waals surface area contributed by atoms with E-state index in [1.165, 1.54) is 32.4 Å². The maximum atomic E-state index is 4.27. The van der Waals surface area contributed by atoms with Gasteiger partial charge < -0.3 is 5.32 Å². The number of hydrogen-bond acceptors (Lipinski definition) is 5. The lowest BCUT2D eigenvalue weighted by molar-refractivity contribution is 0.311. The minimum absolute atomic E-state index is 0.903. The highest BCUT2D eigenvalue weighted by Crippen LogP contribution is 2.24. The summed E-state index contributed by atoms with van der Waals surface area (Å²) >= 11 is 1.70. The molecule has 1 saturated heterocycles. The van der Waals surface area contributed by atoms with Crippen molar-refractivity contribution in [1.82, 2.24) is 15.1 Å². The topological polar surface area (TPSA) is 41.1 Å². The van der Waals surface area contributed by atoms with Crippen LogP contribution in [0.1, 0.15) is 44.5 Å². The third-order valence-electron chi connectivity index (χ3n) is 3.42. The van der Waals surface area contributed by atoms with Crippen molar-refractivity contribution in [2.45, 2.75) is 46.1 Å². The van der Waals surface area contributed by atoms with E-state index < -0.39 is 0 Å². The molecule has 1 fully saturated rings. The van der Waals surface area contributed by atoms with Crippen LogP contribution in [0, 0.1) is 5.92 Å². The van der Waals surface area contributed by atoms with Crippen LogP contribution in [0.2, 0.25) is 0 Å². The lowest BCUT2D eigenvalue weighted by Gasteiger charge is -2.13. The van der Waals surface area contributed by atoms with Gasteiger partial charge in [0.15, 0.2) is 0 Å². The second-order valence-electron chi connectivity index (χ2n) is 5.11. The van der Waals surface area contributed by atoms with Crippen molar-refractivity contribution in [3.63, 3.8) is 0 Å². The Balaban J connectivity index is 1.77. The molecule has 1 aliphatic rings. The fourth-order valence-electron chi connectivity index (χ4n) is 2.51. The molecule has 0 amide bonds. The van der Waals surface area contributed by atoms with E-state index in [0.29, 0.717) is 0 Å². The van der Waals surface area contributed by atoms with Crippen LogP contribution in [-0.2, 0) is 6.54 Å². The molecule has 1 aromatic heterocycles. The molecule has 0 aromatic carbocycles. The fraction of sp³-hybridized carbons (Fsp3) is 0.846. The molecule has 1 aromatic rings. The van der Waals surface area contributed by atoms with Crippen molar-refractivity contribution < 1.29 is 0 Å². The SMILES string of the molecule is CCCNc1nnc(CN2CCC(CCC)C2)s1. The largest absolute Gasteiger partial charge is 0.360 e. The normalized spacial score (nSPS) is 20.4. The Hall–Kier alpha value is -0.680. The van der Waals surface area contributed by atoms with Gasteiger partial charge in [-0.2, -0.15) is 0 Å². The molecule has 5 heteroatoms. The molecule has 2 rings (SSSR count). The van der Waals surface area contributed by atoms with Crippen LogP contribution in [0.15, 0.2) is 0 Å². The Morgan fingerprint density at radius 1 is 1.33 bits per heavy atom. The summed E-state index contributed by atoms with van der Waals surface area (Å²) in [6, 6.07) is 0. The van der Waals surface area contributed by atoms with Gasteiger partial charge in [-0.25, -0.2) is 0 Å². The third-order valence-corrected chi connectivity index (χ3v) is 4.28. The van der Waals surface area contributed by atoms with Gasteiger partial charge in [0.25, 0.3) is 0 Å². The molecule has 1 atom stereocenters. The molecule has 102 valence electrons. The molecule has 0 saturated carbocycles. The van der Waals surface area contributed by atoms with Crippen LogP contribution in [0.5, 0.6) is 0 Å². The second-order valence-corrected chi connectivity index (χ2v) is 6.17. The Kier molecular flexibility index (Phi) is 5.38. The summed E-state index contributed by atoms with van der Waals surface area (Å²) in [6.45, 7) is 8.86. The van der Waals surface area contributed by atoms with Crippen molar-refractivity contribution in [3.05, 3.63) is 5.01 Å². The summed E-state index contributed by atoms with van der Waals surface area (Å²) in [6.07, 6.45) is 5.16. The summed E-state index contributed by atoms with van der Waals surface area (Å²) in [5.41, 5.74) is 0. The number of nitrogens with one attached hydrogen (secondary N) is 1. The van der Waals surface area contributed by atoms with E-state index in [0.717, 1.165) is 35.6 Å². The third kappa shape index (κ3) is 3.92. The highest BCUT2D eigenvalue weighted by Gasteiger charge is 2.22. The van der Waals surface area contributed by atoms with Gasteiger partial charge >= 0.3 is 0 Å². The Morgan fingerprint density at radius 3 is 3.00 bits per heavy atom. The molecule has 4 nitrogen and oxygen atoms in total. The van der Waals surface area contributed by atoms with Crippen LogP contribution in [0.25, 0.3) is 0 Å². The number of hydrogen-bond donors (Lipinski definition) is 1. The van der Waals surface area contributed by atoms with Crippen LogP contribution in [-0.4, -0.2) is 34.7 Å². The van der Waals surface area contributed by atoms with Crippen LogP contribution >= 0.6 is 11.3 Å². The maximum absolute atomic E-state index is 4.27. The molecule has 0 bridgehead atoms. The van der Waals surface area contributed by atoms with Crippen LogP contribution in [0.4, 0.5) is 5.13 Å². The molecule has 0 aliphatic carbocycles. The first-order chi connectivity index (χ1) is 8.81. The quantitative estimate of drug-likeness (QED) is 0.825. The van der Waals surface area contributed by atoms with Gasteiger partial charge in [0.1, 0.15) is 5.01 Å². The van der Waals surface area contributed by atoms with Crippen LogP contribution in [0.3, 0.4) is 0 Å². The zero-order chi connectivity index (χ0) is 12.8. The zero-order valence-corrected chi connectivity index (χ0v) is 12.3. The summed E-state index contributed by atoms with van der Waals surface area (Å²) in [7, 11) is 0. The fourth-order valence-corrected chi connectivity index (χ4v) is 3.32. The van der Waals surface area contributed by atoms with E-state index in [4.69, 9.17) is 0 Å². The van der Waals surface area contributed by atoms with Crippen molar-refractivity contribution in [1.29, 1.82) is 0 Å². The molecule has 0 spiro atoms. The number of likely N-dealkylation sites (tertiary alicyclic amines) is 1. The first-order valence-electron chi connectivity index (χ1n) is 7.10. The molecule has 1 aliphatic heterocycles. The summed E-state index contributed by atoms with van der Waals surface area (Å²) in [5.74, 6) is 0.903. The summed E-state index contributed by atoms with van der Waals surface area (Å²) in [4.78, 5) is 2.52. The minimum Gasteiger partial charge on any atom is -0.360 e. The second kappa shape index (κ2) is 7.04. The highest BCUT2D eigenvalue weighted by atomic mass is 32.1.